The molecule has 3 nitrogen and oxygen atoms in total. The third-order valence-corrected chi connectivity index (χ3v) is 2.32. The van der Waals surface area contributed by atoms with E-state index in [1.165, 1.54) is 0 Å². The highest BCUT2D eigenvalue weighted by molar-refractivity contribution is 5.57. The van der Waals surface area contributed by atoms with Gasteiger partial charge in [-0.15, -0.1) is 0 Å². The van der Waals surface area contributed by atoms with Crippen molar-refractivity contribution < 1.29 is 5.11 Å². The minimum Gasteiger partial charge on any atom is -0.366 e. The van der Waals surface area contributed by atoms with E-state index < -0.39 is 0 Å². The van der Waals surface area contributed by atoms with Crippen molar-refractivity contribution in [3.63, 3.8) is 0 Å². The van der Waals surface area contributed by atoms with Gasteiger partial charge < -0.3 is 10.2 Å². The molecule has 1 fully saturated rings. The summed E-state index contributed by atoms with van der Waals surface area (Å²) in [5.41, 5.74) is 0.837. The number of hydrogen-bond donors (Lipinski definition) is 1. The third kappa shape index (κ3) is 1.75. The maximum absolute atomic E-state index is 11.5. The molecule has 1 aliphatic heterocycles. The van der Waals surface area contributed by atoms with Crippen LogP contribution in [0.25, 0.3) is 0 Å². The van der Waals surface area contributed by atoms with Crippen LogP contribution in [-0.2, 0) is 5.11 Å². The lowest BCUT2D eigenvalue weighted by atomic mass is 10.2. The molecular weight excluding hydrogens is 164 g/mol. The minimum atomic E-state index is 0.129. The summed E-state index contributed by atoms with van der Waals surface area (Å²) in [7, 11) is 0. The quantitative estimate of drug-likeness (QED) is 0.700. The molecule has 1 aliphatic rings. The summed E-state index contributed by atoms with van der Waals surface area (Å²) < 4.78 is 0. The van der Waals surface area contributed by atoms with Gasteiger partial charge in [0, 0.05) is 26.2 Å². The van der Waals surface area contributed by atoms with E-state index in [2.05, 4.69) is 10.2 Å². The van der Waals surface area contributed by atoms with Crippen LogP contribution < -0.4 is 10.2 Å². The number of para-hydroxylation sites is 2. The van der Waals surface area contributed by atoms with Crippen molar-refractivity contribution in [3.8, 4) is 5.75 Å². The Hall–Kier alpha value is -1.22. The predicted octanol–water partition coefficient (Wildman–Crippen LogP) is 1.24. The maximum Gasteiger partial charge on any atom is 0.201 e. The van der Waals surface area contributed by atoms with Gasteiger partial charge >= 0.3 is 0 Å². The lowest BCUT2D eigenvalue weighted by molar-refractivity contribution is 0.354. The molecule has 1 heterocycles. The number of nitrogens with zero attached hydrogens (tertiary/aromatic N) is 1. The van der Waals surface area contributed by atoms with Crippen LogP contribution in [0, 0.1) is 0 Å². The van der Waals surface area contributed by atoms with E-state index in [1.54, 1.807) is 12.1 Å². The molecule has 0 saturated carbocycles. The first kappa shape index (κ1) is 8.38. The van der Waals surface area contributed by atoms with Crippen molar-refractivity contribution in [1.82, 2.24) is 5.32 Å². The average molecular weight is 177 g/mol. The Kier molecular flexibility index (Phi) is 2.36. The topological polar surface area (TPSA) is 35.2 Å². The molecule has 0 aliphatic carbocycles. The van der Waals surface area contributed by atoms with Crippen LogP contribution in [0.3, 0.4) is 0 Å². The molecule has 0 unspecified atom stereocenters. The number of piperazine rings is 1. The number of rotatable bonds is 1. The molecule has 3 heteroatoms. The van der Waals surface area contributed by atoms with Gasteiger partial charge in [0.1, 0.15) is 0 Å². The third-order valence-electron chi connectivity index (χ3n) is 2.32. The summed E-state index contributed by atoms with van der Waals surface area (Å²) in [6.45, 7) is 3.79. The number of anilines is 1. The molecule has 1 aromatic carbocycles. The van der Waals surface area contributed by atoms with Gasteiger partial charge in [0.2, 0.25) is 5.75 Å². The Balaban J connectivity index is 2.18. The van der Waals surface area contributed by atoms with E-state index in [0.29, 0.717) is 0 Å². The fourth-order valence-corrected chi connectivity index (χ4v) is 1.62. The summed E-state index contributed by atoms with van der Waals surface area (Å²) in [5.74, 6) is 0.129. The second-order valence-electron chi connectivity index (χ2n) is 3.20. The van der Waals surface area contributed by atoms with Gasteiger partial charge in [-0.3, -0.25) is 5.11 Å². The lowest BCUT2D eigenvalue weighted by Crippen LogP contribution is -2.43. The van der Waals surface area contributed by atoms with E-state index in [9.17, 15) is 5.11 Å². The Morgan fingerprint density at radius 3 is 2.54 bits per heavy atom. The fourth-order valence-electron chi connectivity index (χ4n) is 1.62. The monoisotopic (exact) mass is 177 g/mol. The first-order chi connectivity index (χ1) is 6.38. The van der Waals surface area contributed by atoms with Crippen LogP contribution in [0.15, 0.2) is 24.3 Å². The molecule has 2 rings (SSSR count). The Morgan fingerprint density at radius 2 is 1.85 bits per heavy atom. The van der Waals surface area contributed by atoms with Crippen LogP contribution in [0.2, 0.25) is 0 Å². The largest absolute Gasteiger partial charge is 0.366 e. The summed E-state index contributed by atoms with van der Waals surface area (Å²) in [4.78, 5) is 2.14. The number of nitrogens with one attached hydrogen (secondary N) is 1. The second-order valence-corrected chi connectivity index (χ2v) is 3.20. The van der Waals surface area contributed by atoms with E-state index in [1.807, 2.05) is 12.1 Å². The van der Waals surface area contributed by atoms with Crippen molar-refractivity contribution in [2.75, 3.05) is 31.1 Å². The SMILES string of the molecule is [O]c1ccccc1N1CCNCC1. The van der Waals surface area contributed by atoms with Crippen LogP contribution >= 0.6 is 0 Å². The Morgan fingerprint density at radius 1 is 1.15 bits per heavy atom. The molecule has 13 heavy (non-hydrogen) atoms. The van der Waals surface area contributed by atoms with E-state index in [0.717, 1.165) is 31.9 Å². The van der Waals surface area contributed by atoms with Gasteiger partial charge in [0.25, 0.3) is 0 Å². The Labute approximate surface area is 78.0 Å². The van der Waals surface area contributed by atoms with Crippen molar-refractivity contribution >= 4 is 5.69 Å². The van der Waals surface area contributed by atoms with Crippen molar-refractivity contribution in [3.05, 3.63) is 24.3 Å². The van der Waals surface area contributed by atoms with Crippen LogP contribution in [0.4, 0.5) is 5.69 Å². The highest BCUT2D eigenvalue weighted by Gasteiger charge is 2.13. The number of hydrogen-bond acceptors (Lipinski definition) is 2. The smallest absolute Gasteiger partial charge is 0.201 e. The van der Waals surface area contributed by atoms with E-state index >= 15 is 0 Å². The van der Waals surface area contributed by atoms with Gasteiger partial charge in [-0.2, -0.15) is 0 Å². The van der Waals surface area contributed by atoms with Crippen molar-refractivity contribution in [1.29, 1.82) is 0 Å². The molecule has 69 valence electrons. The highest BCUT2D eigenvalue weighted by Crippen LogP contribution is 2.26. The molecule has 0 atom stereocenters. The van der Waals surface area contributed by atoms with Crippen LogP contribution in [-0.4, -0.2) is 26.2 Å². The van der Waals surface area contributed by atoms with Crippen molar-refractivity contribution in [2.45, 2.75) is 0 Å². The van der Waals surface area contributed by atoms with Gasteiger partial charge in [0.15, 0.2) is 0 Å². The predicted molar refractivity (Wildman–Crippen MR) is 51.7 cm³/mol. The second kappa shape index (κ2) is 3.66. The summed E-state index contributed by atoms with van der Waals surface area (Å²) >= 11 is 0. The zero-order chi connectivity index (χ0) is 9.10. The molecule has 1 N–H and O–H groups in total. The molecule has 0 amide bonds. The molecule has 1 radical (unpaired) electrons. The fraction of sp³-hybridized carbons (Fsp3) is 0.400. The lowest BCUT2D eigenvalue weighted by Gasteiger charge is -2.29. The molecule has 1 saturated heterocycles. The average Bonchev–Trinajstić information content (AvgIpc) is 2.20. The van der Waals surface area contributed by atoms with Crippen LogP contribution in [0.1, 0.15) is 0 Å². The van der Waals surface area contributed by atoms with E-state index in [4.69, 9.17) is 0 Å². The zero-order valence-electron chi connectivity index (χ0n) is 7.49. The van der Waals surface area contributed by atoms with Gasteiger partial charge in [-0.1, -0.05) is 12.1 Å². The Bertz CT molecular complexity index is 282. The van der Waals surface area contributed by atoms with Gasteiger partial charge in [-0.25, -0.2) is 0 Å². The van der Waals surface area contributed by atoms with Gasteiger partial charge in [-0.05, 0) is 12.1 Å². The normalized spacial score (nSPS) is 17.4. The van der Waals surface area contributed by atoms with E-state index in [-0.39, 0.29) is 5.75 Å². The van der Waals surface area contributed by atoms with Crippen LogP contribution in [0.5, 0.6) is 5.75 Å². The maximum atomic E-state index is 11.5. The summed E-state index contributed by atoms with van der Waals surface area (Å²) in [5, 5.41) is 14.7. The summed E-state index contributed by atoms with van der Waals surface area (Å²) in [6, 6.07) is 7.22. The zero-order valence-corrected chi connectivity index (χ0v) is 7.49. The summed E-state index contributed by atoms with van der Waals surface area (Å²) in [6.07, 6.45) is 0. The molecule has 1 aromatic rings. The molecular formula is C10H13N2O. The van der Waals surface area contributed by atoms with Gasteiger partial charge in [0.05, 0.1) is 5.69 Å². The first-order valence-electron chi connectivity index (χ1n) is 4.59. The molecule has 0 spiro atoms. The first-order valence-corrected chi connectivity index (χ1v) is 4.59. The minimum absolute atomic E-state index is 0.129. The molecule has 0 bridgehead atoms. The standard InChI is InChI=1S/C10H13N2O/c13-10-4-2-1-3-9(10)12-7-5-11-6-8-12/h1-4,11H,5-8H2. The molecule has 0 aromatic heterocycles. The van der Waals surface area contributed by atoms with Crippen molar-refractivity contribution in [2.24, 2.45) is 0 Å². The number of benzene rings is 1. The highest BCUT2D eigenvalue weighted by atomic mass is 16.3.